The zero-order valence-electron chi connectivity index (χ0n) is 18.1. The molecule has 0 bridgehead atoms. The minimum absolute atomic E-state index is 0.303. The van der Waals surface area contributed by atoms with E-state index >= 15 is 0 Å². The molecular formula is C24H19F3N4O2S. The van der Waals surface area contributed by atoms with Crippen molar-refractivity contribution in [2.45, 2.75) is 31.0 Å². The molecule has 0 saturated carbocycles. The zero-order valence-corrected chi connectivity index (χ0v) is 18.9. The van der Waals surface area contributed by atoms with E-state index in [1.807, 2.05) is 60.0 Å². The number of aromatic nitrogens is 2. The summed E-state index contributed by atoms with van der Waals surface area (Å²) in [5, 5.41) is 10.7. The Bertz CT molecular complexity index is 1500. The van der Waals surface area contributed by atoms with Crippen LogP contribution >= 0.6 is 0 Å². The lowest BCUT2D eigenvalue weighted by atomic mass is 10.1. The number of pyridine rings is 1. The Morgan fingerprint density at radius 1 is 1.09 bits per heavy atom. The van der Waals surface area contributed by atoms with E-state index in [0.29, 0.717) is 22.3 Å². The number of aryl methyl sites for hydroxylation is 1. The summed E-state index contributed by atoms with van der Waals surface area (Å²) in [6, 6.07) is 17.5. The minimum atomic E-state index is -4.73. The van der Waals surface area contributed by atoms with Gasteiger partial charge in [0.1, 0.15) is 17.0 Å². The number of halogens is 3. The second-order valence-electron chi connectivity index (χ2n) is 7.79. The number of nitriles is 1. The SMILES string of the molecule is Cc1ccc2c(C#N)c(-c3ccc(S(=O)(=O)NC(C)C(F)(F)F)cn3)n(-c3ccccc3)c2c1. The lowest BCUT2D eigenvalue weighted by molar-refractivity contribution is -0.147. The maximum atomic E-state index is 12.8. The van der Waals surface area contributed by atoms with E-state index in [1.165, 1.54) is 12.1 Å². The van der Waals surface area contributed by atoms with Crippen molar-refractivity contribution in [1.82, 2.24) is 14.3 Å². The van der Waals surface area contributed by atoms with Crippen LogP contribution in [-0.4, -0.2) is 30.2 Å². The molecule has 0 saturated heterocycles. The highest BCUT2D eigenvalue weighted by atomic mass is 32.2. The van der Waals surface area contributed by atoms with E-state index < -0.39 is 27.1 Å². The maximum absolute atomic E-state index is 12.8. The van der Waals surface area contributed by atoms with Gasteiger partial charge in [0.2, 0.25) is 10.0 Å². The van der Waals surface area contributed by atoms with Crippen molar-refractivity contribution in [2.24, 2.45) is 0 Å². The average Bonchev–Trinajstić information content (AvgIpc) is 3.12. The molecule has 2 aromatic carbocycles. The van der Waals surface area contributed by atoms with Crippen LogP contribution in [0.15, 0.2) is 71.8 Å². The van der Waals surface area contributed by atoms with Gasteiger partial charge < -0.3 is 4.57 Å². The number of benzene rings is 2. The van der Waals surface area contributed by atoms with E-state index in [-0.39, 0.29) is 0 Å². The van der Waals surface area contributed by atoms with Gasteiger partial charge in [-0.25, -0.2) is 8.42 Å². The van der Waals surface area contributed by atoms with E-state index in [4.69, 9.17) is 0 Å². The fraction of sp³-hybridized carbons (Fsp3) is 0.167. The molecule has 1 unspecified atom stereocenters. The molecule has 4 rings (SSSR count). The molecule has 174 valence electrons. The molecule has 0 radical (unpaired) electrons. The normalized spacial score (nSPS) is 13.1. The van der Waals surface area contributed by atoms with Crippen molar-refractivity contribution < 1.29 is 21.6 Å². The first-order chi connectivity index (χ1) is 16.0. The highest BCUT2D eigenvalue weighted by molar-refractivity contribution is 7.89. The number of sulfonamides is 1. The van der Waals surface area contributed by atoms with Gasteiger partial charge in [-0.15, -0.1) is 0 Å². The Hall–Kier alpha value is -3.68. The van der Waals surface area contributed by atoms with Gasteiger partial charge in [0.05, 0.1) is 22.5 Å². The van der Waals surface area contributed by atoms with Crippen LogP contribution in [0.4, 0.5) is 13.2 Å². The number of alkyl halides is 3. The van der Waals surface area contributed by atoms with Crippen LogP contribution in [0, 0.1) is 18.3 Å². The molecule has 0 fully saturated rings. The summed E-state index contributed by atoms with van der Waals surface area (Å²) < 4.78 is 66.8. The Labute approximate surface area is 194 Å². The molecule has 1 N–H and O–H groups in total. The van der Waals surface area contributed by atoms with Crippen LogP contribution in [0.5, 0.6) is 0 Å². The highest BCUT2D eigenvalue weighted by Gasteiger charge is 2.39. The number of hydrogen-bond acceptors (Lipinski definition) is 4. The Balaban J connectivity index is 1.87. The second-order valence-corrected chi connectivity index (χ2v) is 9.50. The van der Waals surface area contributed by atoms with Crippen molar-refractivity contribution in [3.63, 3.8) is 0 Å². The van der Waals surface area contributed by atoms with E-state index in [9.17, 15) is 26.9 Å². The van der Waals surface area contributed by atoms with Gasteiger partial charge in [-0.2, -0.15) is 23.2 Å². The summed E-state index contributed by atoms with van der Waals surface area (Å²) in [7, 11) is -4.45. The van der Waals surface area contributed by atoms with Gasteiger partial charge in [0.25, 0.3) is 0 Å². The monoisotopic (exact) mass is 484 g/mol. The van der Waals surface area contributed by atoms with Crippen LogP contribution < -0.4 is 4.72 Å². The average molecular weight is 485 g/mol. The fourth-order valence-electron chi connectivity index (χ4n) is 3.65. The van der Waals surface area contributed by atoms with Crippen molar-refractivity contribution >= 4 is 20.9 Å². The molecule has 34 heavy (non-hydrogen) atoms. The molecule has 0 aliphatic heterocycles. The minimum Gasteiger partial charge on any atom is -0.307 e. The molecule has 0 aliphatic carbocycles. The fourth-order valence-corrected chi connectivity index (χ4v) is 4.82. The second kappa shape index (κ2) is 8.59. The third kappa shape index (κ3) is 4.27. The summed E-state index contributed by atoms with van der Waals surface area (Å²) in [4.78, 5) is 3.81. The highest BCUT2D eigenvalue weighted by Crippen LogP contribution is 2.36. The lowest BCUT2D eigenvalue weighted by Gasteiger charge is -2.17. The molecule has 1 atom stereocenters. The van der Waals surface area contributed by atoms with Crippen molar-refractivity contribution in [3.8, 4) is 23.1 Å². The first-order valence-electron chi connectivity index (χ1n) is 10.2. The van der Waals surface area contributed by atoms with Crippen LogP contribution in [-0.2, 0) is 10.0 Å². The Kier molecular flexibility index (Phi) is 5.93. The predicted molar refractivity (Wildman–Crippen MR) is 122 cm³/mol. The third-order valence-corrected chi connectivity index (χ3v) is 6.89. The van der Waals surface area contributed by atoms with Crippen LogP contribution in [0.3, 0.4) is 0 Å². The van der Waals surface area contributed by atoms with Gasteiger partial charge in [0, 0.05) is 17.3 Å². The topological polar surface area (TPSA) is 87.8 Å². The van der Waals surface area contributed by atoms with Gasteiger partial charge in [-0.1, -0.05) is 30.3 Å². The number of fused-ring (bicyclic) bond motifs is 1. The van der Waals surface area contributed by atoms with Crippen LogP contribution in [0.25, 0.3) is 28.0 Å². The maximum Gasteiger partial charge on any atom is 0.404 e. The van der Waals surface area contributed by atoms with Gasteiger partial charge in [0.15, 0.2) is 0 Å². The van der Waals surface area contributed by atoms with E-state index in [2.05, 4.69) is 11.1 Å². The summed E-state index contributed by atoms with van der Waals surface area (Å²) in [5.41, 5.74) is 3.64. The molecule has 10 heteroatoms. The van der Waals surface area contributed by atoms with Gasteiger partial charge in [-0.05, 0) is 49.7 Å². The molecule has 2 aromatic heterocycles. The summed E-state index contributed by atoms with van der Waals surface area (Å²) in [6.45, 7) is 2.65. The van der Waals surface area contributed by atoms with E-state index in [1.54, 1.807) is 4.72 Å². The summed E-state index contributed by atoms with van der Waals surface area (Å²) >= 11 is 0. The first-order valence-corrected chi connectivity index (χ1v) is 11.7. The number of nitrogens with one attached hydrogen (secondary N) is 1. The van der Waals surface area contributed by atoms with Crippen molar-refractivity contribution in [3.05, 3.63) is 78.0 Å². The van der Waals surface area contributed by atoms with Gasteiger partial charge >= 0.3 is 6.18 Å². The quantitative estimate of drug-likeness (QED) is 0.427. The largest absolute Gasteiger partial charge is 0.404 e. The lowest BCUT2D eigenvalue weighted by Crippen LogP contribution is -2.42. The third-order valence-electron chi connectivity index (χ3n) is 5.36. The zero-order chi connectivity index (χ0) is 24.7. The standard InChI is InChI=1S/C24H19F3N4O2S/c1-15-8-10-19-20(13-28)23(31(22(19)12-15)17-6-4-3-5-7-17)21-11-9-18(14-29-21)34(32,33)30-16(2)24(25,26)27/h3-12,14,16,30H,1-2H3. The Morgan fingerprint density at radius 2 is 1.79 bits per heavy atom. The molecule has 2 heterocycles. The molecule has 0 amide bonds. The van der Waals surface area contributed by atoms with Crippen molar-refractivity contribution in [1.29, 1.82) is 5.26 Å². The number of hydrogen-bond donors (Lipinski definition) is 1. The predicted octanol–water partition coefficient (Wildman–Crippen LogP) is 5.10. The van der Waals surface area contributed by atoms with Crippen LogP contribution in [0.1, 0.15) is 18.1 Å². The van der Waals surface area contributed by atoms with Crippen molar-refractivity contribution in [2.75, 3.05) is 0 Å². The molecular weight excluding hydrogens is 465 g/mol. The number of rotatable bonds is 5. The molecule has 0 aliphatic rings. The van der Waals surface area contributed by atoms with E-state index in [0.717, 1.165) is 29.9 Å². The smallest absolute Gasteiger partial charge is 0.307 e. The molecule has 0 spiro atoms. The summed E-state index contributed by atoms with van der Waals surface area (Å²) in [5.74, 6) is 0. The molecule has 6 nitrogen and oxygen atoms in total. The molecule has 4 aromatic rings. The first kappa shape index (κ1) is 23.5. The van der Waals surface area contributed by atoms with Crippen LogP contribution in [0.2, 0.25) is 0 Å². The summed E-state index contributed by atoms with van der Waals surface area (Å²) in [6.07, 6.45) is -3.74. The Morgan fingerprint density at radius 3 is 2.38 bits per heavy atom. The van der Waals surface area contributed by atoms with Gasteiger partial charge in [-0.3, -0.25) is 4.98 Å². The number of para-hydroxylation sites is 1. The number of nitrogens with zero attached hydrogens (tertiary/aromatic N) is 3.